The van der Waals surface area contributed by atoms with Crippen LogP contribution in [0.2, 0.25) is 0 Å². The lowest BCUT2D eigenvalue weighted by Crippen LogP contribution is -2.11. The number of hydrogen-bond donors (Lipinski definition) is 0. The Kier molecular flexibility index (Phi) is 2.24. The summed E-state index contributed by atoms with van der Waals surface area (Å²) in [5.41, 5.74) is 0.966. The molecule has 1 aromatic heterocycles. The van der Waals surface area contributed by atoms with Gasteiger partial charge in [-0.2, -0.15) is 0 Å². The molecule has 1 heterocycles. The molecule has 0 bridgehead atoms. The SMILES string of the molecule is CSc1cnc([SiH3])nc1. The number of rotatable bonds is 1. The molecule has 0 N–H and O–H groups in total. The molecule has 0 aliphatic carbocycles. The molecule has 9 heavy (non-hydrogen) atoms. The predicted octanol–water partition coefficient (Wildman–Crippen LogP) is -0.811. The molecule has 0 amide bonds. The second-order valence-corrected chi connectivity index (χ2v) is 3.44. The molecule has 0 aliphatic heterocycles. The lowest BCUT2D eigenvalue weighted by molar-refractivity contribution is 1.15. The van der Waals surface area contributed by atoms with Crippen LogP contribution in [0, 0.1) is 0 Å². The van der Waals surface area contributed by atoms with E-state index >= 15 is 0 Å². The second kappa shape index (κ2) is 2.98. The molecular weight excluding hydrogens is 148 g/mol. The Morgan fingerprint density at radius 1 is 1.44 bits per heavy atom. The van der Waals surface area contributed by atoms with E-state index in [1.165, 1.54) is 0 Å². The van der Waals surface area contributed by atoms with E-state index in [9.17, 15) is 0 Å². The van der Waals surface area contributed by atoms with Gasteiger partial charge in [-0.1, -0.05) is 0 Å². The first-order chi connectivity index (χ1) is 4.33. The lowest BCUT2D eigenvalue weighted by Gasteiger charge is -1.92. The summed E-state index contributed by atoms with van der Waals surface area (Å²) in [5.74, 6) is 0. The van der Waals surface area contributed by atoms with Gasteiger partial charge in [0.15, 0.2) is 0 Å². The monoisotopic (exact) mass is 156 g/mol. The number of nitrogens with zero attached hydrogens (tertiary/aromatic N) is 2. The molecule has 0 saturated heterocycles. The minimum absolute atomic E-state index is 0.943. The summed E-state index contributed by atoms with van der Waals surface area (Å²) in [7, 11) is 0.943. The largest absolute Gasteiger partial charge is 0.247 e. The van der Waals surface area contributed by atoms with E-state index in [1.54, 1.807) is 11.8 Å². The molecule has 0 fully saturated rings. The van der Waals surface area contributed by atoms with E-state index < -0.39 is 0 Å². The normalized spacial score (nSPS) is 9.89. The van der Waals surface area contributed by atoms with E-state index in [0.717, 1.165) is 20.6 Å². The van der Waals surface area contributed by atoms with Crippen LogP contribution in [0.15, 0.2) is 17.3 Å². The lowest BCUT2D eigenvalue weighted by atomic mass is 10.7. The van der Waals surface area contributed by atoms with Gasteiger partial charge in [0, 0.05) is 17.3 Å². The van der Waals surface area contributed by atoms with Crippen molar-refractivity contribution in [1.82, 2.24) is 9.97 Å². The van der Waals surface area contributed by atoms with Gasteiger partial charge in [-0.05, 0) is 6.26 Å². The van der Waals surface area contributed by atoms with E-state index in [-0.39, 0.29) is 0 Å². The Balaban J connectivity index is 2.88. The second-order valence-electron chi connectivity index (χ2n) is 1.67. The quantitative estimate of drug-likeness (QED) is 0.393. The fraction of sp³-hybridized carbons (Fsp3) is 0.200. The van der Waals surface area contributed by atoms with Crippen LogP contribution in [0.1, 0.15) is 0 Å². The van der Waals surface area contributed by atoms with Gasteiger partial charge in [0.25, 0.3) is 0 Å². The summed E-state index contributed by atoms with van der Waals surface area (Å²) in [5, 5.41) is 0. The van der Waals surface area contributed by atoms with Crippen molar-refractivity contribution in [1.29, 1.82) is 0 Å². The van der Waals surface area contributed by atoms with Gasteiger partial charge >= 0.3 is 0 Å². The van der Waals surface area contributed by atoms with Crippen molar-refractivity contribution in [3.63, 3.8) is 0 Å². The molecule has 0 saturated carbocycles. The van der Waals surface area contributed by atoms with Crippen LogP contribution in [0.25, 0.3) is 0 Å². The standard InChI is InChI=1S/C5H8N2SSi/c1-8-4-2-6-5(9)7-3-4/h2-3H,1,9H3. The summed E-state index contributed by atoms with van der Waals surface area (Å²) in [6.45, 7) is 0. The first-order valence-electron chi connectivity index (χ1n) is 2.65. The maximum Gasteiger partial charge on any atom is 0.0952 e. The number of aromatic nitrogens is 2. The van der Waals surface area contributed by atoms with Gasteiger partial charge in [0.1, 0.15) is 0 Å². The summed E-state index contributed by atoms with van der Waals surface area (Å²) < 4.78 is 0. The van der Waals surface area contributed by atoms with Crippen molar-refractivity contribution < 1.29 is 0 Å². The minimum atomic E-state index is 0.943. The molecule has 4 heteroatoms. The third-order valence-corrected chi connectivity index (χ3v) is 2.19. The molecule has 1 aromatic rings. The van der Waals surface area contributed by atoms with Crippen molar-refractivity contribution in [3.05, 3.63) is 12.4 Å². The topological polar surface area (TPSA) is 25.8 Å². The van der Waals surface area contributed by atoms with Crippen LogP contribution < -0.4 is 5.45 Å². The Bertz CT molecular complexity index is 187. The highest BCUT2D eigenvalue weighted by Gasteiger charge is 1.87. The third-order valence-electron chi connectivity index (χ3n) is 0.993. The highest BCUT2D eigenvalue weighted by atomic mass is 32.2. The maximum absolute atomic E-state index is 4.08. The van der Waals surface area contributed by atoms with Crippen LogP contribution >= 0.6 is 11.8 Å². The first kappa shape index (κ1) is 6.76. The molecular formula is C5H8N2SSi. The zero-order valence-corrected chi connectivity index (χ0v) is 8.27. The van der Waals surface area contributed by atoms with Gasteiger partial charge in [-0.3, -0.25) is 0 Å². The summed E-state index contributed by atoms with van der Waals surface area (Å²) >= 11 is 1.67. The third kappa shape index (κ3) is 1.80. The highest BCUT2D eigenvalue weighted by Crippen LogP contribution is 2.07. The van der Waals surface area contributed by atoms with E-state index in [0.29, 0.717) is 0 Å². The highest BCUT2D eigenvalue weighted by molar-refractivity contribution is 7.98. The van der Waals surface area contributed by atoms with Crippen LogP contribution in [0.5, 0.6) is 0 Å². The van der Waals surface area contributed by atoms with Crippen LogP contribution in [-0.4, -0.2) is 26.5 Å². The molecule has 0 atom stereocenters. The number of thioether (sulfide) groups is 1. The molecule has 2 nitrogen and oxygen atoms in total. The molecule has 1 rings (SSSR count). The summed E-state index contributed by atoms with van der Waals surface area (Å²) in [6.07, 6.45) is 5.74. The molecule has 0 spiro atoms. The Hall–Kier alpha value is -0.353. The average molecular weight is 156 g/mol. The van der Waals surface area contributed by atoms with Crippen molar-refractivity contribution in [2.45, 2.75) is 4.90 Å². The van der Waals surface area contributed by atoms with Gasteiger partial charge in [-0.25, -0.2) is 9.97 Å². The smallest absolute Gasteiger partial charge is 0.0952 e. The van der Waals surface area contributed by atoms with Crippen molar-refractivity contribution in [2.75, 3.05) is 6.26 Å². The van der Waals surface area contributed by atoms with Gasteiger partial charge < -0.3 is 0 Å². The van der Waals surface area contributed by atoms with E-state index in [4.69, 9.17) is 0 Å². The molecule has 0 radical (unpaired) electrons. The summed E-state index contributed by atoms with van der Waals surface area (Å²) in [4.78, 5) is 9.29. The fourth-order valence-corrected chi connectivity index (χ4v) is 1.06. The van der Waals surface area contributed by atoms with Gasteiger partial charge in [-0.15, -0.1) is 11.8 Å². The Labute approximate surface area is 61.5 Å². The van der Waals surface area contributed by atoms with Gasteiger partial charge in [0.05, 0.1) is 15.7 Å². The first-order valence-corrected chi connectivity index (χ1v) is 4.88. The maximum atomic E-state index is 4.08. The predicted molar refractivity (Wildman–Crippen MR) is 43.4 cm³/mol. The zero-order valence-electron chi connectivity index (χ0n) is 5.46. The van der Waals surface area contributed by atoms with Crippen LogP contribution in [0.3, 0.4) is 0 Å². The Morgan fingerprint density at radius 3 is 2.44 bits per heavy atom. The van der Waals surface area contributed by atoms with Crippen molar-refractivity contribution in [2.24, 2.45) is 0 Å². The fourth-order valence-electron chi connectivity index (χ4n) is 0.486. The van der Waals surface area contributed by atoms with Crippen molar-refractivity contribution in [3.8, 4) is 0 Å². The average Bonchev–Trinajstić information content (AvgIpc) is 1.90. The minimum Gasteiger partial charge on any atom is -0.247 e. The number of hydrogen-bond acceptors (Lipinski definition) is 3. The zero-order chi connectivity index (χ0) is 6.69. The molecule has 0 aromatic carbocycles. The molecule has 0 unspecified atom stereocenters. The summed E-state index contributed by atoms with van der Waals surface area (Å²) in [6, 6.07) is 0. The van der Waals surface area contributed by atoms with Crippen LogP contribution in [0.4, 0.5) is 0 Å². The molecule has 48 valence electrons. The molecule has 0 aliphatic rings. The van der Waals surface area contributed by atoms with E-state index in [2.05, 4.69) is 9.97 Å². The van der Waals surface area contributed by atoms with E-state index in [1.807, 2.05) is 18.6 Å². The van der Waals surface area contributed by atoms with Crippen LogP contribution in [-0.2, 0) is 0 Å². The van der Waals surface area contributed by atoms with Crippen molar-refractivity contribution >= 4 is 27.5 Å². The Morgan fingerprint density at radius 2 is 2.00 bits per heavy atom. The van der Waals surface area contributed by atoms with Gasteiger partial charge in [0.2, 0.25) is 0 Å².